The van der Waals surface area contributed by atoms with Crippen LogP contribution in [-0.2, 0) is 0 Å². The minimum atomic E-state index is 0.413. The van der Waals surface area contributed by atoms with Crippen LogP contribution in [0.5, 0.6) is 0 Å². The molecule has 0 aliphatic heterocycles. The molecule has 4 nitrogen and oxygen atoms in total. The average Bonchev–Trinajstić information content (AvgIpc) is 2.65. The number of aldehydes is 1. The maximum atomic E-state index is 10.6. The highest BCUT2D eigenvalue weighted by molar-refractivity contribution is 6.33. The van der Waals surface area contributed by atoms with Crippen molar-refractivity contribution in [3.63, 3.8) is 0 Å². The van der Waals surface area contributed by atoms with Gasteiger partial charge in [0.2, 0.25) is 0 Å². The van der Waals surface area contributed by atoms with Gasteiger partial charge in [-0.3, -0.25) is 4.79 Å². The molecule has 0 N–H and O–H groups in total. The molecule has 0 aliphatic carbocycles. The predicted octanol–water partition coefficient (Wildman–Crippen LogP) is 2.04. The van der Waals surface area contributed by atoms with Crippen molar-refractivity contribution in [3.8, 4) is 5.69 Å². The Balaban J connectivity index is 2.46. The highest BCUT2D eigenvalue weighted by atomic mass is 35.5. The fraction of sp³-hybridized carbons (Fsp3) is 0.100. The summed E-state index contributed by atoms with van der Waals surface area (Å²) in [7, 11) is 0. The average molecular weight is 222 g/mol. The lowest BCUT2D eigenvalue weighted by molar-refractivity contribution is 0.112. The quantitative estimate of drug-likeness (QED) is 0.730. The first-order valence-corrected chi connectivity index (χ1v) is 4.72. The zero-order valence-corrected chi connectivity index (χ0v) is 8.77. The summed E-state index contributed by atoms with van der Waals surface area (Å²) in [6, 6.07) is 5.10. The van der Waals surface area contributed by atoms with Crippen molar-refractivity contribution >= 4 is 17.9 Å². The van der Waals surface area contributed by atoms with E-state index >= 15 is 0 Å². The molecular weight excluding hydrogens is 214 g/mol. The maximum Gasteiger partial charge on any atom is 0.151 e. The molecule has 2 rings (SSSR count). The number of halogens is 1. The monoisotopic (exact) mass is 221 g/mol. The molecule has 0 atom stereocenters. The summed E-state index contributed by atoms with van der Waals surface area (Å²) in [4.78, 5) is 14.6. The third-order valence-electron chi connectivity index (χ3n) is 1.98. The molecule has 1 aromatic carbocycles. The van der Waals surface area contributed by atoms with Gasteiger partial charge in [-0.1, -0.05) is 11.6 Å². The SMILES string of the molecule is Cc1ncn(-c2ccc(C=O)c(Cl)c2)n1. The molecule has 1 heterocycles. The van der Waals surface area contributed by atoms with E-state index in [1.54, 1.807) is 36.1 Å². The number of aryl methyl sites for hydroxylation is 1. The molecule has 0 fully saturated rings. The predicted molar refractivity (Wildman–Crippen MR) is 56.5 cm³/mol. The molecule has 2 aromatic rings. The minimum absolute atomic E-state index is 0.413. The fourth-order valence-electron chi connectivity index (χ4n) is 1.22. The first kappa shape index (κ1) is 9.86. The Hall–Kier alpha value is -1.68. The van der Waals surface area contributed by atoms with Gasteiger partial charge < -0.3 is 0 Å². The largest absolute Gasteiger partial charge is 0.298 e. The third kappa shape index (κ3) is 1.89. The van der Waals surface area contributed by atoms with E-state index < -0.39 is 0 Å². The molecule has 0 spiro atoms. The van der Waals surface area contributed by atoms with Crippen LogP contribution in [0.4, 0.5) is 0 Å². The number of hydrogen-bond acceptors (Lipinski definition) is 3. The molecule has 0 amide bonds. The van der Waals surface area contributed by atoms with Gasteiger partial charge in [0.15, 0.2) is 6.29 Å². The molecular formula is C10H8ClN3O. The second-order valence-electron chi connectivity index (χ2n) is 3.06. The van der Waals surface area contributed by atoms with Gasteiger partial charge in [0, 0.05) is 5.56 Å². The summed E-state index contributed by atoms with van der Waals surface area (Å²) in [6.07, 6.45) is 2.32. The third-order valence-corrected chi connectivity index (χ3v) is 2.31. The number of carbonyl (C=O) groups is 1. The molecule has 0 bridgehead atoms. The zero-order chi connectivity index (χ0) is 10.8. The summed E-state index contributed by atoms with van der Waals surface area (Å²) in [5.74, 6) is 0.686. The van der Waals surface area contributed by atoms with Crippen LogP contribution >= 0.6 is 11.6 Å². The highest BCUT2D eigenvalue weighted by Crippen LogP contribution is 2.18. The topological polar surface area (TPSA) is 47.8 Å². The Bertz CT molecular complexity index is 507. The number of aromatic nitrogens is 3. The van der Waals surface area contributed by atoms with Crippen molar-refractivity contribution in [3.05, 3.63) is 40.9 Å². The van der Waals surface area contributed by atoms with E-state index in [9.17, 15) is 4.79 Å². The van der Waals surface area contributed by atoms with E-state index in [1.807, 2.05) is 0 Å². The van der Waals surface area contributed by atoms with Crippen LogP contribution in [0, 0.1) is 6.92 Å². The zero-order valence-electron chi connectivity index (χ0n) is 8.01. The van der Waals surface area contributed by atoms with E-state index in [4.69, 9.17) is 11.6 Å². The Morgan fingerprint density at radius 1 is 1.47 bits per heavy atom. The number of benzene rings is 1. The number of hydrogen-bond donors (Lipinski definition) is 0. The number of carbonyl (C=O) groups excluding carboxylic acids is 1. The van der Waals surface area contributed by atoms with Gasteiger partial charge in [0.25, 0.3) is 0 Å². The van der Waals surface area contributed by atoms with Gasteiger partial charge in [-0.15, -0.1) is 0 Å². The van der Waals surface area contributed by atoms with E-state index in [2.05, 4.69) is 10.1 Å². The summed E-state index contributed by atoms with van der Waals surface area (Å²) in [5.41, 5.74) is 1.25. The second-order valence-corrected chi connectivity index (χ2v) is 3.47. The number of rotatable bonds is 2. The van der Waals surface area contributed by atoms with Crippen LogP contribution in [-0.4, -0.2) is 21.1 Å². The fourth-order valence-corrected chi connectivity index (χ4v) is 1.44. The van der Waals surface area contributed by atoms with Gasteiger partial charge in [-0.25, -0.2) is 9.67 Å². The van der Waals surface area contributed by atoms with Gasteiger partial charge in [0.05, 0.1) is 10.7 Å². The van der Waals surface area contributed by atoms with Crippen LogP contribution in [0.25, 0.3) is 5.69 Å². The van der Waals surface area contributed by atoms with Gasteiger partial charge in [-0.05, 0) is 25.1 Å². The molecule has 0 saturated carbocycles. The highest BCUT2D eigenvalue weighted by Gasteiger charge is 2.03. The lowest BCUT2D eigenvalue weighted by atomic mass is 10.2. The van der Waals surface area contributed by atoms with Crippen molar-refractivity contribution in [2.75, 3.05) is 0 Å². The first-order chi connectivity index (χ1) is 7.20. The van der Waals surface area contributed by atoms with Crippen LogP contribution < -0.4 is 0 Å². The van der Waals surface area contributed by atoms with Crippen LogP contribution in [0.15, 0.2) is 24.5 Å². The summed E-state index contributed by atoms with van der Waals surface area (Å²) < 4.78 is 1.61. The smallest absolute Gasteiger partial charge is 0.151 e. The van der Waals surface area contributed by atoms with Crippen molar-refractivity contribution in [2.45, 2.75) is 6.92 Å². The summed E-state index contributed by atoms with van der Waals surface area (Å²) in [5, 5.41) is 4.55. The lowest BCUT2D eigenvalue weighted by Gasteiger charge is -2.02. The van der Waals surface area contributed by atoms with Crippen LogP contribution in [0.2, 0.25) is 5.02 Å². The van der Waals surface area contributed by atoms with Crippen LogP contribution in [0.3, 0.4) is 0 Å². The van der Waals surface area contributed by atoms with Gasteiger partial charge in [0.1, 0.15) is 12.2 Å². The van der Waals surface area contributed by atoms with E-state index in [0.717, 1.165) is 12.0 Å². The van der Waals surface area contributed by atoms with Crippen molar-refractivity contribution in [2.24, 2.45) is 0 Å². The van der Waals surface area contributed by atoms with E-state index in [-0.39, 0.29) is 0 Å². The molecule has 1 aromatic heterocycles. The first-order valence-electron chi connectivity index (χ1n) is 4.34. The Labute approximate surface area is 91.5 Å². The van der Waals surface area contributed by atoms with Crippen molar-refractivity contribution < 1.29 is 4.79 Å². The van der Waals surface area contributed by atoms with Crippen LogP contribution in [0.1, 0.15) is 16.2 Å². The second kappa shape index (κ2) is 3.82. The van der Waals surface area contributed by atoms with Crippen molar-refractivity contribution in [1.29, 1.82) is 0 Å². The van der Waals surface area contributed by atoms with E-state index in [1.165, 1.54) is 0 Å². The molecule has 76 valence electrons. The Morgan fingerprint density at radius 2 is 2.27 bits per heavy atom. The molecule has 0 unspecified atom stereocenters. The van der Waals surface area contributed by atoms with Gasteiger partial charge >= 0.3 is 0 Å². The van der Waals surface area contributed by atoms with Gasteiger partial charge in [-0.2, -0.15) is 5.10 Å². The summed E-state index contributed by atoms with van der Waals surface area (Å²) in [6.45, 7) is 1.80. The molecule has 0 saturated heterocycles. The molecule has 15 heavy (non-hydrogen) atoms. The molecule has 5 heteroatoms. The molecule has 0 aliphatic rings. The lowest BCUT2D eigenvalue weighted by Crippen LogP contribution is -1.95. The Morgan fingerprint density at radius 3 is 2.80 bits per heavy atom. The van der Waals surface area contributed by atoms with E-state index in [0.29, 0.717) is 16.4 Å². The number of nitrogens with zero attached hydrogens (tertiary/aromatic N) is 3. The maximum absolute atomic E-state index is 10.6. The normalized spacial score (nSPS) is 10.3. The Kier molecular flexibility index (Phi) is 2.51. The minimum Gasteiger partial charge on any atom is -0.298 e. The molecule has 0 radical (unpaired) electrons. The van der Waals surface area contributed by atoms with Crippen molar-refractivity contribution in [1.82, 2.24) is 14.8 Å². The standard InChI is InChI=1S/C10H8ClN3O/c1-7-12-6-14(13-7)9-3-2-8(5-15)10(11)4-9/h2-6H,1H3. The summed E-state index contributed by atoms with van der Waals surface area (Å²) >= 11 is 5.89.